The first-order chi connectivity index (χ1) is 11.9. The van der Waals surface area contributed by atoms with E-state index in [1.54, 1.807) is 0 Å². The highest BCUT2D eigenvalue weighted by Gasteiger charge is 2.24. The average Bonchev–Trinajstić information content (AvgIpc) is 2.98. The Bertz CT molecular complexity index is 713. The molecule has 0 saturated heterocycles. The van der Waals surface area contributed by atoms with Crippen LogP contribution in [0.2, 0.25) is 0 Å². The molecule has 132 valence electrons. The van der Waals surface area contributed by atoms with Crippen LogP contribution in [-0.2, 0) is 16.0 Å². The van der Waals surface area contributed by atoms with Gasteiger partial charge in [0.1, 0.15) is 0 Å². The molecule has 0 heterocycles. The van der Waals surface area contributed by atoms with E-state index >= 15 is 0 Å². The number of alkyl carbamates (subject to hydrolysis) is 1. The van der Waals surface area contributed by atoms with Gasteiger partial charge in [-0.3, -0.25) is 0 Å². The topological polar surface area (TPSA) is 95.9 Å². The number of rotatable bonds is 3. The van der Waals surface area contributed by atoms with Crippen molar-refractivity contribution >= 4 is 12.1 Å². The molecule has 0 saturated carbocycles. The third-order valence-electron chi connectivity index (χ3n) is 3.91. The number of methoxy groups -OCH3 is 1. The van der Waals surface area contributed by atoms with Crippen molar-refractivity contribution in [3.63, 3.8) is 0 Å². The first-order valence-corrected chi connectivity index (χ1v) is 7.85. The molecule has 6 nitrogen and oxygen atoms in total. The minimum atomic E-state index is -1.34. The van der Waals surface area contributed by atoms with Gasteiger partial charge in [0.25, 0.3) is 0 Å². The Morgan fingerprint density at radius 3 is 1.92 bits per heavy atom. The summed E-state index contributed by atoms with van der Waals surface area (Å²) >= 11 is 0. The highest BCUT2D eigenvalue weighted by atomic mass is 16.5. The van der Waals surface area contributed by atoms with Crippen LogP contribution in [0.5, 0.6) is 0 Å². The SMILES string of the molecule is COC(=O)N[C@H](C(=O)O)[C@@H](C)O.c1ccc2c(c1)Cc1ccccc1-2. The molecule has 2 aromatic carbocycles. The number of aliphatic hydroxyl groups is 1. The van der Waals surface area contributed by atoms with Crippen molar-refractivity contribution in [2.24, 2.45) is 0 Å². The standard InChI is InChI=1S/C13H10.C6H11NO5/c1-3-7-12-10(5-1)9-11-6-2-4-8-13(11)12;1-3(8)4(5(9)10)7-6(11)12-2/h1-8H,9H2;3-4,8H,1-2H3,(H,7,11)(H,9,10)/t;3-,4+/m.1/s1. The molecule has 0 radical (unpaired) electrons. The fraction of sp³-hybridized carbons (Fsp3) is 0.263. The van der Waals surface area contributed by atoms with Gasteiger partial charge in [0.2, 0.25) is 0 Å². The molecule has 1 aliphatic carbocycles. The van der Waals surface area contributed by atoms with Crippen LogP contribution >= 0.6 is 0 Å². The minimum Gasteiger partial charge on any atom is -0.480 e. The summed E-state index contributed by atoms with van der Waals surface area (Å²) in [5.74, 6) is -1.31. The second-order valence-corrected chi connectivity index (χ2v) is 5.68. The first kappa shape index (κ1) is 18.5. The lowest BCUT2D eigenvalue weighted by Crippen LogP contribution is -2.47. The first-order valence-electron chi connectivity index (χ1n) is 7.85. The van der Waals surface area contributed by atoms with E-state index in [9.17, 15) is 9.59 Å². The minimum absolute atomic E-state index is 0.886. The van der Waals surface area contributed by atoms with Crippen molar-refractivity contribution in [3.8, 4) is 11.1 Å². The van der Waals surface area contributed by atoms with Crippen LogP contribution in [0.25, 0.3) is 11.1 Å². The normalized spacial score (nSPS) is 13.4. The predicted octanol–water partition coefficient (Wildman–Crippen LogP) is 2.43. The molecular formula is C19H21NO5. The Morgan fingerprint density at radius 2 is 1.52 bits per heavy atom. The number of carbonyl (C=O) groups is 2. The van der Waals surface area contributed by atoms with Crippen LogP contribution in [-0.4, -0.2) is 41.5 Å². The van der Waals surface area contributed by atoms with Crippen molar-refractivity contribution in [3.05, 3.63) is 59.7 Å². The summed E-state index contributed by atoms with van der Waals surface area (Å²) in [6.07, 6.45) is -0.948. The average molecular weight is 343 g/mol. The molecule has 2 atom stereocenters. The lowest BCUT2D eigenvalue weighted by molar-refractivity contribution is -0.141. The Labute approximate surface area is 146 Å². The summed E-state index contributed by atoms with van der Waals surface area (Å²) in [5, 5.41) is 19.3. The van der Waals surface area contributed by atoms with Gasteiger partial charge in [-0.1, -0.05) is 48.5 Å². The van der Waals surface area contributed by atoms with Gasteiger partial charge in [0.15, 0.2) is 6.04 Å². The fourth-order valence-electron chi connectivity index (χ4n) is 2.65. The van der Waals surface area contributed by atoms with Gasteiger partial charge in [-0.2, -0.15) is 0 Å². The van der Waals surface area contributed by atoms with Crippen molar-refractivity contribution < 1.29 is 24.5 Å². The quantitative estimate of drug-likeness (QED) is 0.679. The number of aliphatic hydroxyl groups excluding tert-OH is 1. The van der Waals surface area contributed by atoms with Crippen LogP contribution in [0.3, 0.4) is 0 Å². The Morgan fingerprint density at radius 1 is 1.04 bits per heavy atom. The molecule has 0 aromatic heterocycles. The van der Waals surface area contributed by atoms with Crippen molar-refractivity contribution in [1.82, 2.24) is 5.32 Å². The van der Waals surface area contributed by atoms with E-state index in [1.807, 2.05) is 5.32 Å². The molecule has 0 bridgehead atoms. The molecule has 25 heavy (non-hydrogen) atoms. The number of nitrogens with one attached hydrogen (secondary N) is 1. The smallest absolute Gasteiger partial charge is 0.407 e. The predicted molar refractivity (Wildman–Crippen MR) is 93.3 cm³/mol. The van der Waals surface area contributed by atoms with E-state index in [-0.39, 0.29) is 0 Å². The van der Waals surface area contributed by atoms with Crippen LogP contribution in [0.1, 0.15) is 18.1 Å². The van der Waals surface area contributed by atoms with Crippen molar-refractivity contribution in [2.75, 3.05) is 7.11 Å². The van der Waals surface area contributed by atoms with Crippen LogP contribution < -0.4 is 5.32 Å². The largest absolute Gasteiger partial charge is 0.480 e. The summed E-state index contributed by atoms with van der Waals surface area (Å²) < 4.78 is 4.16. The molecule has 2 aromatic rings. The summed E-state index contributed by atoms with van der Waals surface area (Å²) in [6.45, 7) is 1.26. The third-order valence-corrected chi connectivity index (χ3v) is 3.91. The number of benzene rings is 2. The molecule has 0 unspecified atom stereocenters. The molecular weight excluding hydrogens is 322 g/mol. The monoisotopic (exact) mass is 343 g/mol. The van der Waals surface area contributed by atoms with Crippen LogP contribution in [0, 0.1) is 0 Å². The zero-order valence-electron chi connectivity index (χ0n) is 14.1. The lowest BCUT2D eigenvalue weighted by atomic mass is 10.1. The maximum Gasteiger partial charge on any atom is 0.407 e. The highest BCUT2D eigenvalue weighted by molar-refractivity contribution is 5.80. The number of hydrogen-bond acceptors (Lipinski definition) is 4. The highest BCUT2D eigenvalue weighted by Crippen LogP contribution is 2.35. The van der Waals surface area contributed by atoms with Crippen molar-refractivity contribution in [2.45, 2.75) is 25.5 Å². The summed E-state index contributed by atoms with van der Waals surface area (Å²) in [7, 11) is 1.11. The van der Waals surface area contributed by atoms with E-state index < -0.39 is 24.2 Å². The number of aliphatic carboxylic acids is 1. The molecule has 1 amide bonds. The Balaban J connectivity index is 0.000000182. The number of amides is 1. The summed E-state index contributed by atoms with van der Waals surface area (Å²) in [6, 6.07) is 16.0. The molecule has 3 N–H and O–H groups in total. The number of ether oxygens (including phenoxy) is 1. The molecule has 6 heteroatoms. The Hall–Kier alpha value is -2.86. The lowest BCUT2D eigenvalue weighted by Gasteiger charge is -2.15. The van der Waals surface area contributed by atoms with Gasteiger partial charge in [-0.25, -0.2) is 9.59 Å². The van der Waals surface area contributed by atoms with E-state index in [2.05, 4.69) is 53.3 Å². The van der Waals surface area contributed by atoms with E-state index in [0.717, 1.165) is 13.5 Å². The molecule has 0 fully saturated rings. The summed E-state index contributed by atoms with van der Waals surface area (Å²) in [4.78, 5) is 20.9. The summed E-state index contributed by atoms with van der Waals surface area (Å²) in [5.41, 5.74) is 5.75. The zero-order chi connectivity index (χ0) is 18.4. The third kappa shape index (κ3) is 4.58. The second kappa shape index (κ2) is 8.30. The van der Waals surface area contributed by atoms with E-state index in [4.69, 9.17) is 10.2 Å². The van der Waals surface area contributed by atoms with Gasteiger partial charge in [0, 0.05) is 0 Å². The van der Waals surface area contributed by atoms with Crippen LogP contribution in [0.4, 0.5) is 4.79 Å². The van der Waals surface area contributed by atoms with Gasteiger partial charge >= 0.3 is 12.1 Å². The fourth-order valence-corrected chi connectivity index (χ4v) is 2.65. The number of fused-ring (bicyclic) bond motifs is 3. The number of hydrogen-bond donors (Lipinski definition) is 3. The molecule has 0 spiro atoms. The van der Waals surface area contributed by atoms with E-state index in [1.165, 1.54) is 29.2 Å². The van der Waals surface area contributed by atoms with Gasteiger partial charge in [-0.15, -0.1) is 0 Å². The second-order valence-electron chi connectivity index (χ2n) is 5.68. The molecule has 0 aliphatic heterocycles. The van der Waals surface area contributed by atoms with E-state index in [0.29, 0.717) is 0 Å². The van der Waals surface area contributed by atoms with Gasteiger partial charge < -0.3 is 20.3 Å². The number of carboxylic acids is 1. The number of carbonyl (C=O) groups excluding carboxylic acids is 1. The van der Waals surface area contributed by atoms with Gasteiger partial charge in [-0.05, 0) is 35.6 Å². The van der Waals surface area contributed by atoms with Crippen LogP contribution in [0.15, 0.2) is 48.5 Å². The molecule has 3 rings (SSSR count). The van der Waals surface area contributed by atoms with Gasteiger partial charge in [0.05, 0.1) is 13.2 Å². The number of carboxylic acid groups (broad SMARTS) is 1. The maximum atomic E-state index is 10.5. The maximum absolute atomic E-state index is 10.5. The van der Waals surface area contributed by atoms with Crippen molar-refractivity contribution in [1.29, 1.82) is 0 Å². The zero-order valence-corrected chi connectivity index (χ0v) is 14.1. The molecule has 1 aliphatic rings. The Kier molecular flexibility index (Phi) is 6.14.